The Morgan fingerprint density at radius 1 is 1.43 bits per heavy atom. The first kappa shape index (κ1) is 15.0. The van der Waals surface area contributed by atoms with Crippen molar-refractivity contribution in [3.8, 4) is 0 Å². The summed E-state index contributed by atoms with van der Waals surface area (Å²) in [5.41, 5.74) is 0.505. The van der Waals surface area contributed by atoms with Gasteiger partial charge >= 0.3 is 0 Å². The van der Waals surface area contributed by atoms with Crippen molar-refractivity contribution in [3.05, 3.63) is 41.7 Å². The van der Waals surface area contributed by atoms with E-state index in [4.69, 9.17) is 0 Å². The van der Waals surface area contributed by atoms with Crippen LogP contribution in [0.25, 0.3) is 0 Å². The van der Waals surface area contributed by atoms with Crippen LogP contribution in [-0.2, 0) is 13.6 Å². The Labute approximate surface area is 122 Å². The number of aryl methyl sites for hydroxylation is 1. The molecule has 6 nitrogen and oxygen atoms in total. The highest BCUT2D eigenvalue weighted by Crippen LogP contribution is 2.19. The van der Waals surface area contributed by atoms with Gasteiger partial charge in [0, 0.05) is 13.6 Å². The Morgan fingerprint density at radius 2 is 2.24 bits per heavy atom. The molecule has 0 aliphatic carbocycles. The molecule has 0 spiro atoms. The number of rotatable bonds is 6. The Kier molecular flexibility index (Phi) is 4.86. The van der Waals surface area contributed by atoms with Gasteiger partial charge < -0.3 is 10.6 Å². The van der Waals surface area contributed by atoms with Crippen LogP contribution in [-0.4, -0.2) is 27.2 Å². The van der Waals surface area contributed by atoms with Crippen LogP contribution in [0.1, 0.15) is 29.5 Å². The molecule has 112 valence electrons. The van der Waals surface area contributed by atoms with Crippen molar-refractivity contribution in [2.75, 3.05) is 11.9 Å². The summed E-state index contributed by atoms with van der Waals surface area (Å²) in [7, 11) is 1.75. The molecule has 0 fully saturated rings. The molecule has 1 heterocycles. The van der Waals surface area contributed by atoms with Crippen LogP contribution >= 0.6 is 0 Å². The highest BCUT2D eigenvalue weighted by atomic mass is 19.1. The van der Waals surface area contributed by atoms with Crippen LogP contribution in [0.5, 0.6) is 0 Å². The van der Waals surface area contributed by atoms with Crippen molar-refractivity contribution < 1.29 is 9.18 Å². The zero-order valence-corrected chi connectivity index (χ0v) is 12.1. The molecule has 21 heavy (non-hydrogen) atoms. The molecule has 0 unspecified atom stereocenters. The van der Waals surface area contributed by atoms with E-state index in [0.717, 1.165) is 6.42 Å². The second kappa shape index (κ2) is 6.83. The molecular formula is C14H18FN5O. The number of hydrogen-bond acceptors (Lipinski definition) is 4. The van der Waals surface area contributed by atoms with E-state index in [-0.39, 0.29) is 23.7 Å². The van der Waals surface area contributed by atoms with Crippen molar-refractivity contribution in [3.63, 3.8) is 0 Å². The molecule has 2 N–H and O–H groups in total. The molecule has 1 amide bonds. The second-order valence-corrected chi connectivity index (χ2v) is 4.61. The van der Waals surface area contributed by atoms with Crippen molar-refractivity contribution in [1.29, 1.82) is 0 Å². The number of halogens is 1. The van der Waals surface area contributed by atoms with Crippen LogP contribution < -0.4 is 10.6 Å². The molecule has 2 rings (SSSR count). The normalized spacial score (nSPS) is 10.4. The Bertz CT molecular complexity index is 626. The van der Waals surface area contributed by atoms with Crippen molar-refractivity contribution in [2.45, 2.75) is 19.9 Å². The Balaban J connectivity index is 2.09. The zero-order chi connectivity index (χ0) is 15.2. The second-order valence-electron chi connectivity index (χ2n) is 4.61. The predicted molar refractivity (Wildman–Crippen MR) is 77.4 cm³/mol. The first-order chi connectivity index (χ1) is 10.1. The zero-order valence-electron chi connectivity index (χ0n) is 12.1. The highest BCUT2D eigenvalue weighted by Gasteiger charge is 2.15. The summed E-state index contributed by atoms with van der Waals surface area (Å²) >= 11 is 0. The number of nitrogens with one attached hydrogen (secondary N) is 2. The molecule has 0 radical (unpaired) electrons. The SMILES string of the molecule is CCCNc1c(F)cccc1C(=O)NCc1ncn(C)n1. The van der Waals surface area contributed by atoms with Gasteiger partial charge in [0.25, 0.3) is 5.91 Å². The summed E-state index contributed by atoms with van der Waals surface area (Å²) in [6.07, 6.45) is 2.39. The first-order valence-corrected chi connectivity index (χ1v) is 6.77. The van der Waals surface area contributed by atoms with Gasteiger partial charge in [0.1, 0.15) is 12.1 Å². The van der Waals surface area contributed by atoms with Crippen LogP contribution in [0.3, 0.4) is 0 Å². The summed E-state index contributed by atoms with van der Waals surface area (Å²) in [5.74, 6) is -0.294. The summed E-state index contributed by atoms with van der Waals surface area (Å²) < 4.78 is 15.4. The number of nitrogens with zero attached hydrogens (tertiary/aromatic N) is 3. The molecule has 1 aromatic carbocycles. The molecule has 2 aromatic rings. The van der Waals surface area contributed by atoms with Gasteiger partial charge in [-0.15, -0.1) is 0 Å². The van der Waals surface area contributed by atoms with Gasteiger partial charge in [0.15, 0.2) is 5.82 Å². The topological polar surface area (TPSA) is 71.8 Å². The van der Waals surface area contributed by atoms with Crippen LogP contribution in [0, 0.1) is 5.82 Å². The lowest BCUT2D eigenvalue weighted by Gasteiger charge is -2.12. The van der Waals surface area contributed by atoms with Crippen LogP contribution in [0.15, 0.2) is 24.5 Å². The summed E-state index contributed by atoms with van der Waals surface area (Å²) in [4.78, 5) is 16.2. The Hall–Kier alpha value is -2.44. The van der Waals surface area contributed by atoms with E-state index < -0.39 is 5.82 Å². The quantitative estimate of drug-likeness (QED) is 0.850. The van der Waals surface area contributed by atoms with Gasteiger partial charge in [0.05, 0.1) is 17.8 Å². The number of carbonyl (C=O) groups excluding carboxylic acids is 1. The highest BCUT2D eigenvalue weighted by molar-refractivity contribution is 5.99. The third-order valence-electron chi connectivity index (χ3n) is 2.86. The van der Waals surface area contributed by atoms with Gasteiger partial charge in [-0.05, 0) is 18.6 Å². The predicted octanol–water partition coefficient (Wildman–Crippen LogP) is 1.71. The lowest BCUT2D eigenvalue weighted by atomic mass is 10.1. The minimum absolute atomic E-state index is 0.198. The molecular weight excluding hydrogens is 273 g/mol. The minimum Gasteiger partial charge on any atom is -0.382 e. The molecule has 7 heteroatoms. The molecule has 0 saturated heterocycles. The van der Waals surface area contributed by atoms with E-state index in [1.807, 2.05) is 6.92 Å². The fourth-order valence-electron chi connectivity index (χ4n) is 1.86. The average Bonchev–Trinajstić information content (AvgIpc) is 2.89. The minimum atomic E-state index is -0.438. The van der Waals surface area contributed by atoms with E-state index in [2.05, 4.69) is 20.7 Å². The van der Waals surface area contributed by atoms with Crippen LogP contribution in [0.2, 0.25) is 0 Å². The number of amides is 1. The average molecular weight is 291 g/mol. The van der Waals surface area contributed by atoms with Crippen molar-refractivity contribution >= 4 is 11.6 Å². The smallest absolute Gasteiger partial charge is 0.253 e. The monoisotopic (exact) mass is 291 g/mol. The molecule has 0 aliphatic heterocycles. The standard InChI is InChI=1S/C14H18FN5O/c1-3-7-16-13-10(5-4-6-11(13)15)14(21)17-8-12-18-9-20(2)19-12/h4-6,9,16H,3,7-8H2,1-2H3,(H,17,21). The van der Waals surface area contributed by atoms with Crippen molar-refractivity contribution in [1.82, 2.24) is 20.1 Å². The van der Waals surface area contributed by atoms with Gasteiger partial charge in [-0.2, -0.15) is 5.10 Å². The first-order valence-electron chi connectivity index (χ1n) is 6.77. The molecule has 0 atom stereocenters. The van der Waals surface area contributed by atoms with Gasteiger partial charge in [-0.25, -0.2) is 9.37 Å². The van der Waals surface area contributed by atoms with E-state index in [1.165, 1.54) is 12.1 Å². The van der Waals surface area contributed by atoms with E-state index in [9.17, 15) is 9.18 Å². The fraction of sp³-hybridized carbons (Fsp3) is 0.357. The lowest BCUT2D eigenvalue weighted by Crippen LogP contribution is -2.25. The third kappa shape index (κ3) is 3.77. The molecule has 0 saturated carbocycles. The number of anilines is 1. The third-order valence-corrected chi connectivity index (χ3v) is 2.86. The molecule has 0 aliphatic rings. The summed E-state index contributed by atoms with van der Waals surface area (Å²) in [6, 6.07) is 4.43. The number of para-hydroxylation sites is 1. The summed E-state index contributed by atoms with van der Waals surface area (Å²) in [5, 5.41) is 9.70. The number of carbonyl (C=O) groups is 1. The van der Waals surface area contributed by atoms with Crippen molar-refractivity contribution in [2.24, 2.45) is 7.05 Å². The molecule has 0 bridgehead atoms. The maximum atomic E-state index is 13.8. The number of benzene rings is 1. The maximum absolute atomic E-state index is 13.8. The Morgan fingerprint density at radius 3 is 2.90 bits per heavy atom. The maximum Gasteiger partial charge on any atom is 0.253 e. The van der Waals surface area contributed by atoms with E-state index >= 15 is 0 Å². The van der Waals surface area contributed by atoms with E-state index in [0.29, 0.717) is 12.4 Å². The fourth-order valence-corrected chi connectivity index (χ4v) is 1.86. The van der Waals surface area contributed by atoms with Gasteiger partial charge in [-0.3, -0.25) is 9.48 Å². The van der Waals surface area contributed by atoms with Gasteiger partial charge in [0.2, 0.25) is 0 Å². The van der Waals surface area contributed by atoms with Crippen LogP contribution in [0.4, 0.5) is 10.1 Å². The number of hydrogen-bond donors (Lipinski definition) is 2. The lowest BCUT2D eigenvalue weighted by molar-refractivity contribution is 0.0950. The summed E-state index contributed by atoms with van der Waals surface area (Å²) in [6.45, 7) is 2.77. The van der Waals surface area contributed by atoms with Gasteiger partial charge in [-0.1, -0.05) is 13.0 Å². The number of aromatic nitrogens is 3. The van der Waals surface area contributed by atoms with E-state index in [1.54, 1.807) is 24.1 Å². The molecule has 1 aromatic heterocycles. The largest absolute Gasteiger partial charge is 0.382 e.